The fourth-order valence-corrected chi connectivity index (χ4v) is 2.80. The number of hydrogen-bond acceptors (Lipinski definition) is 5. The molecule has 134 valence electrons. The zero-order valence-corrected chi connectivity index (χ0v) is 14.9. The monoisotopic (exact) mass is 342 g/mol. The first-order valence-corrected chi connectivity index (χ1v) is 8.73. The summed E-state index contributed by atoms with van der Waals surface area (Å²) in [6.45, 7) is 6.52. The van der Waals surface area contributed by atoms with E-state index in [1.807, 2.05) is 19.9 Å². The van der Waals surface area contributed by atoms with Gasteiger partial charge in [-0.2, -0.15) is 0 Å². The number of carbonyl (C=O) groups excluding carboxylic acids is 1. The molecular weight excluding hydrogens is 316 g/mol. The topological polar surface area (TPSA) is 78.4 Å². The molecule has 0 radical (unpaired) electrons. The first-order valence-electron chi connectivity index (χ1n) is 8.73. The van der Waals surface area contributed by atoms with E-state index in [1.54, 1.807) is 0 Å². The molecule has 2 N–H and O–H groups in total. The van der Waals surface area contributed by atoms with Crippen LogP contribution in [0.2, 0.25) is 0 Å². The molecule has 0 spiro atoms. The third-order valence-corrected chi connectivity index (χ3v) is 4.00. The van der Waals surface area contributed by atoms with Crippen LogP contribution in [-0.2, 0) is 13.0 Å². The maximum absolute atomic E-state index is 11.9. The molecule has 1 aromatic heterocycles. The Morgan fingerprint density at radius 3 is 2.64 bits per heavy atom. The summed E-state index contributed by atoms with van der Waals surface area (Å²) in [6.07, 6.45) is 4.68. The quantitative estimate of drug-likeness (QED) is 0.864. The van der Waals surface area contributed by atoms with Crippen LogP contribution in [-0.4, -0.2) is 51.6 Å². The van der Waals surface area contributed by atoms with Gasteiger partial charge in [-0.1, -0.05) is 38.1 Å². The molecule has 3 rings (SSSR count). The van der Waals surface area contributed by atoms with Crippen molar-refractivity contribution >= 4 is 5.91 Å². The van der Waals surface area contributed by atoms with Gasteiger partial charge in [-0.3, -0.25) is 9.69 Å². The van der Waals surface area contributed by atoms with Crippen LogP contribution in [0.25, 0.3) is 0 Å². The molecule has 0 saturated carbocycles. The molecule has 1 aliphatic rings. The molecule has 0 saturated heterocycles. The Morgan fingerprint density at radius 1 is 1.24 bits per heavy atom. The average Bonchev–Trinajstić information content (AvgIpc) is 2.68. The van der Waals surface area contributed by atoms with E-state index in [4.69, 9.17) is 0 Å². The first kappa shape index (κ1) is 19.0. The van der Waals surface area contributed by atoms with Crippen molar-refractivity contribution < 1.29 is 9.90 Å². The van der Waals surface area contributed by atoms with Gasteiger partial charge in [0.15, 0.2) is 0 Å². The van der Waals surface area contributed by atoms with Crippen molar-refractivity contribution in [3.8, 4) is 0 Å². The summed E-state index contributed by atoms with van der Waals surface area (Å²) in [5, 5.41) is 12.9. The second-order valence-corrected chi connectivity index (χ2v) is 5.74. The van der Waals surface area contributed by atoms with Crippen LogP contribution in [0, 0.1) is 0 Å². The van der Waals surface area contributed by atoms with Crippen LogP contribution < -0.4 is 5.32 Å². The fourth-order valence-electron chi connectivity index (χ4n) is 2.80. The molecule has 2 aromatic rings. The molecule has 0 bridgehead atoms. The second kappa shape index (κ2) is 9.86. The number of rotatable bonds is 5. The van der Waals surface area contributed by atoms with Crippen LogP contribution >= 0.6 is 0 Å². The van der Waals surface area contributed by atoms with E-state index >= 15 is 0 Å². The molecule has 6 nitrogen and oxygen atoms in total. The summed E-state index contributed by atoms with van der Waals surface area (Å²) in [5.74, 6) is -0.270. The molecule has 1 unspecified atom stereocenters. The van der Waals surface area contributed by atoms with Crippen LogP contribution in [0.5, 0.6) is 0 Å². The number of nitrogens with one attached hydrogen (secondary N) is 1. The minimum absolute atomic E-state index is 0.214. The summed E-state index contributed by atoms with van der Waals surface area (Å²) in [6, 6.07) is 8.39. The molecule has 1 aromatic carbocycles. The molecule has 1 atom stereocenters. The van der Waals surface area contributed by atoms with Crippen molar-refractivity contribution in [3.63, 3.8) is 0 Å². The minimum atomic E-state index is -0.603. The van der Waals surface area contributed by atoms with Gasteiger partial charge in [0.2, 0.25) is 0 Å². The van der Waals surface area contributed by atoms with Crippen molar-refractivity contribution in [2.75, 3.05) is 19.6 Å². The maximum atomic E-state index is 11.9. The van der Waals surface area contributed by atoms with Crippen molar-refractivity contribution in [3.05, 3.63) is 59.7 Å². The van der Waals surface area contributed by atoms with Gasteiger partial charge in [0.1, 0.15) is 6.33 Å². The molecule has 25 heavy (non-hydrogen) atoms. The Morgan fingerprint density at radius 2 is 1.92 bits per heavy atom. The van der Waals surface area contributed by atoms with E-state index in [0.29, 0.717) is 12.1 Å². The number of fused-ring (bicyclic) bond motifs is 1. The third kappa shape index (κ3) is 5.62. The average molecular weight is 342 g/mol. The van der Waals surface area contributed by atoms with Crippen LogP contribution in [0.15, 0.2) is 43.0 Å². The molecule has 0 aliphatic carbocycles. The summed E-state index contributed by atoms with van der Waals surface area (Å²) in [4.78, 5) is 21.7. The predicted octanol–water partition coefficient (Wildman–Crippen LogP) is 1.65. The summed E-state index contributed by atoms with van der Waals surface area (Å²) in [5.41, 5.74) is 3.10. The second-order valence-electron chi connectivity index (χ2n) is 5.74. The van der Waals surface area contributed by atoms with E-state index in [1.165, 1.54) is 29.8 Å². The number of aliphatic hydroxyl groups is 1. The zero-order chi connectivity index (χ0) is 18.1. The lowest BCUT2D eigenvalue weighted by molar-refractivity contribution is 0.0841. The molecule has 1 amide bonds. The van der Waals surface area contributed by atoms with Gasteiger partial charge < -0.3 is 10.4 Å². The Balaban J connectivity index is 0.00000109. The SMILES string of the molecule is CC.O=C(NCC(O)CN1CCc2ccccc2C1)c1cncnc1. The largest absolute Gasteiger partial charge is 0.390 e. The minimum Gasteiger partial charge on any atom is -0.390 e. The number of aromatic nitrogens is 2. The lowest BCUT2D eigenvalue weighted by Gasteiger charge is -2.30. The highest BCUT2D eigenvalue weighted by Gasteiger charge is 2.18. The smallest absolute Gasteiger partial charge is 0.254 e. The van der Waals surface area contributed by atoms with Crippen molar-refractivity contribution in [2.45, 2.75) is 32.9 Å². The fraction of sp³-hybridized carbons (Fsp3) is 0.421. The van der Waals surface area contributed by atoms with Gasteiger partial charge >= 0.3 is 0 Å². The van der Waals surface area contributed by atoms with Gasteiger partial charge in [-0.15, -0.1) is 0 Å². The third-order valence-electron chi connectivity index (χ3n) is 4.00. The van der Waals surface area contributed by atoms with Gasteiger partial charge in [-0.05, 0) is 17.5 Å². The number of hydrogen-bond donors (Lipinski definition) is 2. The lowest BCUT2D eigenvalue weighted by Crippen LogP contribution is -2.42. The maximum Gasteiger partial charge on any atom is 0.254 e. The number of β-amino-alcohol motifs (C(OH)–C–C–N with tert-alkyl or cyclic N) is 1. The number of nitrogens with zero attached hydrogens (tertiary/aromatic N) is 3. The molecule has 6 heteroatoms. The predicted molar refractivity (Wildman–Crippen MR) is 97.1 cm³/mol. The number of aliphatic hydroxyl groups excluding tert-OH is 1. The Hall–Kier alpha value is -2.31. The van der Waals surface area contributed by atoms with E-state index in [9.17, 15) is 9.90 Å². The van der Waals surface area contributed by atoms with E-state index in [-0.39, 0.29) is 12.5 Å². The van der Waals surface area contributed by atoms with Crippen LogP contribution in [0.3, 0.4) is 0 Å². The Labute approximate surface area is 148 Å². The Kier molecular flexibility index (Phi) is 7.50. The molecule has 2 heterocycles. The van der Waals surface area contributed by atoms with Gasteiger partial charge in [0, 0.05) is 38.6 Å². The summed E-state index contributed by atoms with van der Waals surface area (Å²) < 4.78 is 0. The Bertz CT molecular complexity index is 663. The van der Waals surface area contributed by atoms with Crippen LogP contribution in [0.1, 0.15) is 35.3 Å². The van der Waals surface area contributed by atoms with Gasteiger partial charge in [-0.25, -0.2) is 9.97 Å². The van der Waals surface area contributed by atoms with Crippen molar-refractivity contribution in [1.82, 2.24) is 20.2 Å². The number of amides is 1. The highest BCUT2D eigenvalue weighted by molar-refractivity contribution is 5.93. The highest BCUT2D eigenvalue weighted by atomic mass is 16.3. The number of benzene rings is 1. The van der Waals surface area contributed by atoms with Crippen molar-refractivity contribution in [1.29, 1.82) is 0 Å². The van der Waals surface area contributed by atoms with Crippen LogP contribution in [0.4, 0.5) is 0 Å². The summed E-state index contributed by atoms with van der Waals surface area (Å²) >= 11 is 0. The first-order chi connectivity index (χ1) is 12.2. The van der Waals surface area contributed by atoms with Gasteiger partial charge in [0.05, 0.1) is 11.7 Å². The lowest BCUT2D eigenvalue weighted by atomic mass is 10.00. The molecular formula is C19H26N4O2. The molecule has 0 fully saturated rings. The standard InChI is InChI=1S/C17H20N4O2.C2H6/c22-16(9-20-17(23)15-7-18-12-19-8-15)11-21-6-5-13-3-1-2-4-14(13)10-21;1-2/h1-4,7-8,12,16,22H,5-6,9-11H2,(H,20,23);1-2H3. The normalized spacial score (nSPS) is 14.7. The van der Waals surface area contributed by atoms with Crippen molar-refractivity contribution in [2.24, 2.45) is 0 Å². The zero-order valence-electron chi connectivity index (χ0n) is 14.9. The van der Waals surface area contributed by atoms with E-state index in [0.717, 1.165) is 19.5 Å². The number of carbonyl (C=O) groups is 1. The highest BCUT2D eigenvalue weighted by Crippen LogP contribution is 2.18. The van der Waals surface area contributed by atoms with E-state index in [2.05, 4.69) is 38.4 Å². The van der Waals surface area contributed by atoms with Gasteiger partial charge in [0.25, 0.3) is 5.91 Å². The molecule has 1 aliphatic heterocycles. The van der Waals surface area contributed by atoms with E-state index < -0.39 is 6.10 Å². The summed E-state index contributed by atoms with van der Waals surface area (Å²) in [7, 11) is 0.